The molecule has 5 heteroatoms. The van der Waals surface area contributed by atoms with Crippen LogP contribution in [0.25, 0.3) is 0 Å². The van der Waals surface area contributed by atoms with Crippen LogP contribution in [0.15, 0.2) is 40.9 Å². The Bertz CT molecular complexity index is 582. The summed E-state index contributed by atoms with van der Waals surface area (Å²) in [6.07, 6.45) is -0.793. The summed E-state index contributed by atoms with van der Waals surface area (Å²) in [6, 6.07) is 10.4. The Morgan fingerprint density at radius 1 is 1.05 bits per heavy atom. The fraction of sp³-hybridized carbons (Fsp3) is 0.143. The maximum absolute atomic E-state index is 10.3. The molecule has 2 rings (SSSR count). The van der Waals surface area contributed by atoms with Crippen molar-refractivity contribution in [3.63, 3.8) is 0 Å². The number of aliphatic hydroxyl groups excluding tert-OH is 1. The number of ether oxygens (including phenoxy) is 1. The lowest BCUT2D eigenvalue weighted by atomic mass is 10.0. The van der Waals surface area contributed by atoms with E-state index in [2.05, 4.69) is 15.9 Å². The van der Waals surface area contributed by atoms with Gasteiger partial charge in [0.2, 0.25) is 0 Å². The molecule has 100 valence electrons. The molecular formula is C14H11BrCl2O2. The second-order valence-corrected chi connectivity index (χ2v) is 5.73. The number of halogens is 3. The SMILES string of the molecule is COc1ccc(C(O)c2cc(Cl)cc(Cl)c2)cc1Br. The van der Waals surface area contributed by atoms with Crippen LogP contribution < -0.4 is 4.74 Å². The highest BCUT2D eigenvalue weighted by molar-refractivity contribution is 9.10. The molecule has 0 radical (unpaired) electrons. The first kappa shape index (κ1) is 14.7. The average Bonchev–Trinajstić information content (AvgIpc) is 2.36. The van der Waals surface area contributed by atoms with E-state index in [0.717, 1.165) is 10.0 Å². The van der Waals surface area contributed by atoms with E-state index >= 15 is 0 Å². The molecule has 0 spiro atoms. The van der Waals surface area contributed by atoms with Crippen LogP contribution in [-0.4, -0.2) is 12.2 Å². The summed E-state index contributed by atoms with van der Waals surface area (Å²) in [5.41, 5.74) is 1.38. The van der Waals surface area contributed by atoms with Crippen LogP contribution in [0.2, 0.25) is 10.0 Å². The third-order valence-electron chi connectivity index (χ3n) is 2.69. The van der Waals surface area contributed by atoms with Crippen LogP contribution in [0.4, 0.5) is 0 Å². The third-order valence-corrected chi connectivity index (χ3v) is 3.75. The monoisotopic (exact) mass is 360 g/mol. The molecule has 0 aliphatic rings. The summed E-state index contributed by atoms with van der Waals surface area (Å²) >= 11 is 15.3. The van der Waals surface area contributed by atoms with Gasteiger partial charge in [0.25, 0.3) is 0 Å². The van der Waals surface area contributed by atoms with Gasteiger partial charge in [0.05, 0.1) is 11.6 Å². The number of hydrogen-bond donors (Lipinski definition) is 1. The number of methoxy groups -OCH3 is 1. The van der Waals surface area contributed by atoms with Crippen molar-refractivity contribution in [2.45, 2.75) is 6.10 Å². The normalized spacial score (nSPS) is 12.3. The molecule has 0 aromatic heterocycles. The van der Waals surface area contributed by atoms with Gasteiger partial charge >= 0.3 is 0 Å². The Morgan fingerprint density at radius 3 is 2.21 bits per heavy atom. The van der Waals surface area contributed by atoms with Crippen LogP contribution in [0.1, 0.15) is 17.2 Å². The molecule has 0 heterocycles. The first-order valence-corrected chi connectivity index (χ1v) is 7.03. The molecule has 2 nitrogen and oxygen atoms in total. The van der Waals surface area contributed by atoms with Crippen molar-refractivity contribution in [2.24, 2.45) is 0 Å². The van der Waals surface area contributed by atoms with Gasteiger partial charge in [-0.15, -0.1) is 0 Å². The largest absolute Gasteiger partial charge is 0.496 e. The first-order chi connectivity index (χ1) is 9.01. The van der Waals surface area contributed by atoms with Crippen molar-refractivity contribution in [1.82, 2.24) is 0 Å². The summed E-state index contributed by atoms with van der Waals surface area (Å²) in [5, 5.41) is 11.3. The maximum Gasteiger partial charge on any atom is 0.133 e. The second kappa shape index (κ2) is 6.14. The molecule has 1 atom stereocenters. The zero-order valence-electron chi connectivity index (χ0n) is 10.0. The van der Waals surface area contributed by atoms with E-state index in [0.29, 0.717) is 21.4 Å². The zero-order chi connectivity index (χ0) is 14.0. The Hall–Kier alpha value is -0.740. The van der Waals surface area contributed by atoms with E-state index in [1.165, 1.54) is 0 Å². The lowest BCUT2D eigenvalue weighted by molar-refractivity contribution is 0.220. The molecule has 0 bridgehead atoms. The first-order valence-electron chi connectivity index (χ1n) is 5.48. The molecule has 1 unspecified atom stereocenters. The van der Waals surface area contributed by atoms with Gasteiger partial charge in [-0.25, -0.2) is 0 Å². The highest BCUT2D eigenvalue weighted by Crippen LogP contribution is 2.32. The number of benzene rings is 2. The van der Waals surface area contributed by atoms with Crippen LogP contribution in [0.5, 0.6) is 5.75 Å². The summed E-state index contributed by atoms with van der Waals surface area (Å²) < 4.78 is 5.93. The maximum atomic E-state index is 10.3. The smallest absolute Gasteiger partial charge is 0.133 e. The van der Waals surface area contributed by atoms with E-state index in [9.17, 15) is 5.11 Å². The van der Waals surface area contributed by atoms with E-state index in [-0.39, 0.29) is 0 Å². The molecule has 0 amide bonds. The van der Waals surface area contributed by atoms with Crippen molar-refractivity contribution in [1.29, 1.82) is 0 Å². The Labute approximate surface area is 130 Å². The van der Waals surface area contributed by atoms with Crippen LogP contribution in [0.3, 0.4) is 0 Å². The van der Waals surface area contributed by atoms with Gasteiger partial charge in [0.1, 0.15) is 11.9 Å². The summed E-state index contributed by atoms with van der Waals surface area (Å²) in [6.45, 7) is 0. The predicted octanol–water partition coefficient (Wildman–Crippen LogP) is 4.85. The molecule has 0 saturated carbocycles. The standard InChI is InChI=1S/C14H11BrCl2O2/c1-19-13-3-2-8(6-12(13)15)14(18)9-4-10(16)7-11(17)5-9/h2-7,14,18H,1H3. The highest BCUT2D eigenvalue weighted by atomic mass is 79.9. The van der Waals surface area contributed by atoms with Gasteiger partial charge in [-0.05, 0) is 57.4 Å². The molecule has 2 aromatic carbocycles. The summed E-state index contributed by atoms with van der Waals surface area (Å²) in [5.74, 6) is 0.708. The lowest BCUT2D eigenvalue weighted by Gasteiger charge is -2.14. The van der Waals surface area contributed by atoms with Crippen LogP contribution in [0, 0.1) is 0 Å². The van der Waals surface area contributed by atoms with Crippen molar-refractivity contribution in [2.75, 3.05) is 7.11 Å². The minimum Gasteiger partial charge on any atom is -0.496 e. The lowest BCUT2D eigenvalue weighted by Crippen LogP contribution is -2.00. The zero-order valence-corrected chi connectivity index (χ0v) is 13.1. The van der Waals surface area contributed by atoms with Crippen molar-refractivity contribution < 1.29 is 9.84 Å². The molecule has 0 aliphatic heterocycles. The van der Waals surface area contributed by atoms with Crippen LogP contribution in [-0.2, 0) is 0 Å². The van der Waals surface area contributed by atoms with Gasteiger partial charge in [-0.2, -0.15) is 0 Å². The van der Waals surface area contributed by atoms with E-state index in [1.54, 1.807) is 43.5 Å². The van der Waals surface area contributed by atoms with Gasteiger partial charge < -0.3 is 9.84 Å². The molecule has 19 heavy (non-hydrogen) atoms. The minimum absolute atomic E-state index is 0.495. The Balaban J connectivity index is 2.38. The molecule has 0 aliphatic carbocycles. The fourth-order valence-electron chi connectivity index (χ4n) is 1.78. The molecule has 2 aromatic rings. The summed E-state index contributed by atoms with van der Waals surface area (Å²) in [7, 11) is 1.59. The fourth-order valence-corrected chi connectivity index (χ4v) is 2.88. The van der Waals surface area contributed by atoms with Gasteiger partial charge in [-0.3, -0.25) is 0 Å². The molecule has 1 N–H and O–H groups in total. The van der Waals surface area contributed by atoms with Crippen LogP contribution >= 0.6 is 39.1 Å². The van der Waals surface area contributed by atoms with Gasteiger partial charge in [0.15, 0.2) is 0 Å². The van der Waals surface area contributed by atoms with E-state index < -0.39 is 6.10 Å². The van der Waals surface area contributed by atoms with Crippen molar-refractivity contribution in [3.05, 3.63) is 62.0 Å². The number of aliphatic hydroxyl groups is 1. The number of hydrogen-bond acceptors (Lipinski definition) is 2. The van der Waals surface area contributed by atoms with Gasteiger partial charge in [-0.1, -0.05) is 29.3 Å². The molecule has 0 saturated heterocycles. The number of rotatable bonds is 3. The van der Waals surface area contributed by atoms with E-state index in [4.69, 9.17) is 27.9 Å². The van der Waals surface area contributed by atoms with E-state index in [1.807, 2.05) is 0 Å². The average molecular weight is 362 g/mol. The Kier molecular flexibility index (Phi) is 4.74. The molecule has 0 fully saturated rings. The quantitative estimate of drug-likeness (QED) is 0.846. The van der Waals surface area contributed by atoms with Gasteiger partial charge in [0, 0.05) is 10.0 Å². The highest BCUT2D eigenvalue weighted by Gasteiger charge is 2.13. The van der Waals surface area contributed by atoms with Crippen molar-refractivity contribution in [3.8, 4) is 5.75 Å². The topological polar surface area (TPSA) is 29.5 Å². The predicted molar refractivity (Wildman–Crippen MR) is 81.2 cm³/mol. The third kappa shape index (κ3) is 3.42. The molecular weight excluding hydrogens is 351 g/mol. The second-order valence-electron chi connectivity index (χ2n) is 4.00. The van der Waals surface area contributed by atoms with Crippen molar-refractivity contribution >= 4 is 39.1 Å². The Morgan fingerprint density at radius 2 is 1.68 bits per heavy atom. The summed E-state index contributed by atoms with van der Waals surface area (Å²) in [4.78, 5) is 0. The minimum atomic E-state index is -0.793.